The lowest BCUT2D eigenvalue weighted by Crippen LogP contribution is -2.16. The third-order valence-electron chi connectivity index (χ3n) is 3.49. The van der Waals surface area contributed by atoms with E-state index in [0.717, 1.165) is 12.8 Å². The van der Waals surface area contributed by atoms with E-state index in [4.69, 9.17) is 15.2 Å². The number of esters is 1. The van der Waals surface area contributed by atoms with Crippen molar-refractivity contribution in [1.29, 1.82) is 0 Å². The summed E-state index contributed by atoms with van der Waals surface area (Å²) >= 11 is 0. The summed E-state index contributed by atoms with van der Waals surface area (Å²) in [5.41, 5.74) is 6.40. The Morgan fingerprint density at radius 3 is 2.95 bits per heavy atom. The van der Waals surface area contributed by atoms with Gasteiger partial charge in [-0.1, -0.05) is 12.8 Å². The first-order valence-corrected chi connectivity index (χ1v) is 7.48. The molecular formula is C15H23N3O3. The van der Waals surface area contributed by atoms with E-state index in [9.17, 15) is 4.79 Å². The molecule has 116 valence electrons. The number of nitrogens with zero attached hydrogens (tertiary/aromatic N) is 1. The highest BCUT2D eigenvalue weighted by molar-refractivity contribution is 5.95. The molecule has 1 fully saturated rings. The molecule has 2 rings (SSSR count). The van der Waals surface area contributed by atoms with Crippen molar-refractivity contribution in [3.05, 3.63) is 17.8 Å². The number of nitrogens with two attached hydrogens (primary N) is 1. The van der Waals surface area contributed by atoms with Gasteiger partial charge < -0.3 is 20.5 Å². The summed E-state index contributed by atoms with van der Waals surface area (Å²) in [6.45, 7) is 3.36. The average molecular weight is 293 g/mol. The van der Waals surface area contributed by atoms with Gasteiger partial charge in [0.1, 0.15) is 5.82 Å². The summed E-state index contributed by atoms with van der Waals surface area (Å²) < 4.78 is 10.7. The first-order valence-electron chi connectivity index (χ1n) is 7.48. The number of rotatable bonds is 7. The maximum atomic E-state index is 11.7. The lowest BCUT2D eigenvalue weighted by molar-refractivity contribution is 0.0527. The van der Waals surface area contributed by atoms with E-state index in [1.165, 1.54) is 19.0 Å². The quantitative estimate of drug-likeness (QED) is 0.592. The van der Waals surface area contributed by atoms with Crippen LogP contribution in [-0.2, 0) is 9.47 Å². The zero-order valence-electron chi connectivity index (χ0n) is 12.4. The van der Waals surface area contributed by atoms with Gasteiger partial charge in [0.2, 0.25) is 0 Å². The Hall–Kier alpha value is -1.82. The smallest absolute Gasteiger partial charge is 0.340 e. The normalized spacial score (nSPS) is 15.1. The van der Waals surface area contributed by atoms with Crippen molar-refractivity contribution in [1.82, 2.24) is 4.98 Å². The third kappa shape index (κ3) is 4.60. The fourth-order valence-corrected chi connectivity index (χ4v) is 2.41. The number of pyridine rings is 1. The minimum atomic E-state index is -0.428. The summed E-state index contributed by atoms with van der Waals surface area (Å²) in [4.78, 5) is 15.9. The second kappa shape index (κ2) is 7.83. The highest BCUT2D eigenvalue weighted by atomic mass is 16.5. The molecule has 0 spiro atoms. The van der Waals surface area contributed by atoms with Crippen molar-refractivity contribution in [3.8, 4) is 0 Å². The molecule has 1 aliphatic rings. The zero-order valence-corrected chi connectivity index (χ0v) is 12.4. The van der Waals surface area contributed by atoms with Crippen LogP contribution < -0.4 is 11.1 Å². The highest BCUT2D eigenvalue weighted by Crippen LogP contribution is 2.20. The number of carbonyl (C=O) groups is 1. The van der Waals surface area contributed by atoms with E-state index >= 15 is 0 Å². The van der Waals surface area contributed by atoms with E-state index in [0.29, 0.717) is 42.9 Å². The van der Waals surface area contributed by atoms with Gasteiger partial charge in [0.25, 0.3) is 0 Å². The second-order valence-corrected chi connectivity index (χ2v) is 5.08. The number of hydrogen-bond donors (Lipinski definition) is 2. The molecule has 1 saturated carbocycles. The molecule has 1 aliphatic carbocycles. The Bertz CT molecular complexity index is 473. The topological polar surface area (TPSA) is 86.5 Å². The Kier molecular flexibility index (Phi) is 5.80. The van der Waals surface area contributed by atoms with Gasteiger partial charge >= 0.3 is 5.97 Å². The molecule has 0 bridgehead atoms. The minimum absolute atomic E-state index is 0.318. The van der Waals surface area contributed by atoms with Crippen LogP contribution in [0.3, 0.4) is 0 Å². The van der Waals surface area contributed by atoms with Crippen LogP contribution in [-0.4, -0.2) is 36.8 Å². The molecule has 21 heavy (non-hydrogen) atoms. The van der Waals surface area contributed by atoms with Crippen LogP contribution >= 0.6 is 0 Å². The number of hydrogen-bond acceptors (Lipinski definition) is 6. The van der Waals surface area contributed by atoms with Crippen LogP contribution in [0.4, 0.5) is 11.5 Å². The number of aromatic nitrogens is 1. The van der Waals surface area contributed by atoms with Gasteiger partial charge in [-0.2, -0.15) is 0 Å². The SMILES string of the molecule is CCOC(=O)c1cc(NCCOC2CCCC2)ncc1N. The standard InChI is InChI=1S/C15H23N3O3/c1-2-20-15(19)12-9-14(18-10-13(12)16)17-7-8-21-11-5-3-4-6-11/h9-11H,2-8,16H2,1H3,(H,17,18). The van der Waals surface area contributed by atoms with E-state index in [1.807, 2.05) is 0 Å². The Morgan fingerprint density at radius 2 is 2.24 bits per heavy atom. The van der Waals surface area contributed by atoms with Crippen molar-refractivity contribution in [2.75, 3.05) is 30.8 Å². The molecule has 1 aromatic heterocycles. The van der Waals surface area contributed by atoms with E-state index in [-0.39, 0.29) is 0 Å². The predicted molar refractivity (Wildman–Crippen MR) is 81.3 cm³/mol. The number of carbonyl (C=O) groups excluding carboxylic acids is 1. The van der Waals surface area contributed by atoms with Crippen molar-refractivity contribution >= 4 is 17.5 Å². The van der Waals surface area contributed by atoms with Gasteiger partial charge in [0.15, 0.2) is 0 Å². The van der Waals surface area contributed by atoms with Crippen LogP contribution in [0.15, 0.2) is 12.3 Å². The summed E-state index contributed by atoms with van der Waals surface area (Å²) in [6.07, 6.45) is 6.72. The van der Waals surface area contributed by atoms with Crippen LogP contribution in [0.2, 0.25) is 0 Å². The van der Waals surface area contributed by atoms with Gasteiger partial charge in [0, 0.05) is 6.54 Å². The molecule has 1 heterocycles. The summed E-state index contributed by atoms with van der Waals surface area (Å²) in [5, 5.41) is 3.13. The zero-order chi connectivity index (χ0) is 15.1. The van der Waals surface area contributed by atoms with Gasteiger partial charge in [-0.15, -0.1) is 0 Å². The van der Waals surface area contributed by atoms with Crippen molar-refractivity contribution in [2.45, 2.75) is 38.7 Å². The predicted octanol–water partition coefficient (Wildman–Crippen LogP) is 2.21. The van der Waals surface area contributed by atoms with Crippen LogP contribution in [0.25, 0.3) is 0 Å². The van der Waals surface area contributed by atoms with Crippen LogP contribution in [0, 0.1) is 0 Å². The lowest BCUT2D eigenvalue weighted by atomic mass is 10.2. The number of nitrogens with one attached hydrogen (secondary N) is 1. The second-order valence-electron chi connectivity index (χ2n) is 5.08. The molecule has 0 saturated heterocycles. The number of nitrogen functional groups attached to an aromatic ring is 1. The first kappa shape index (κ1) is 15.6. The van der Waals surface area contributed by atoms with Crippen LogP contribution in [0.1, 0.15) is 43.0 Å². The Balaban J connectivity index is 1.82. The molecule has 6 nitrogen and oxygen atoms in total. The van der Waals surface area contributed by atoms with E-state index in [2.05, 4.69) is 10.3 Å². The molecular weight excluding hydrogens is 270 g/mol. The van der Waals surface area contributed by atoms with Gasteiger partial charge in [0.05, 0.1) is 36.8 Å². The molecule has 6 heteroatoms. The van der Waals surface area contributed by atoms with Crippen LogP contribution in [0.5, 0.6) is 0 Å². The molecule has 0 radical (unpaired) electrons. The monoisotopic (exact) mass is 293 g/mol. The van der Waals surface area contributed by atoms with Crippen molar-refractivity contribution in [2.24, 2.45) is 0 Å². The molecule has 0 aromatic carbocycles. The Labute approximate surface area is 125 Å². The first-order chi connectivity index (χ1) is 10.2. The minimum Gasteiger partial charge on any atom is -0.462 e. The summed E-state index contributed by atoms with van der Waals surface area (Å²) in [5.74, 6) is 0.171. The molecule has 0 atom stereocenters. The average Bonchev–Trinajstić information content (AvgIpc) is 2.98. The molecule has 1 aromatic rings. The van der Waals surface area contributed by atoms with Crippen molar-refractivity contribution in [3.63, 3.8) is 0 Å². The number of ether oxygens (including phenoxy) is 2. The number of anilines is 2. The summed E-state index contributed by atoms with van der Waals surface area (Å²) in [6, 6.07) is 1.61. The van der Waals surface area contributed by atoms with Crippen molar-refractivity contribution < 1.29 is 14.3 Å². The molecule has 0 amide bonds. The molecule has 3 N–H and O–H groups in total. The largest absolute Gasteiger partial charge is 0.462 e. The molecule has 0 aliphatic heterocycles. The highest BCUT2D eigenvalue weighted by Gasteiger charge is 2.15. The fraction of sp³-hybridized carbons (Fsp3) is 0.600. The summed E-state index contributed by atoms with van der Waals surface area (Å²) in [7, 11) is 0. The van der Waals surface area contributed by atoms with Gasteiger partial charge in [-0.3, -0.25) is 0 Å². The van der Waals surface area contributed by atoms with Gasteiger partial charge in [-0.05, 0) is 25.8 Å². The molecule has 0 unspecified atom stereocenters. The van der Waals surface area contributed by atoms with E-state index < -0.39 is 5.97 Å². The van der Waals surface area contributed by atoms with E-state index in [1.54, 1.807) is 13.0 Å². The maximum Gasteiger partial charge on any atom is 0.340 e. The Morgan fingerprint density at radius 1 is 1.48 bits per heavy atom. The maximum absolute atomic E-state index is 11.7. The van der Waals surface area contributed by atoms with Gasteiger partial charge in [-0.25, -0.2) is 9.78 Å². The fourth-order valence-electron chi connectivity index (χ4n) is 2.41. The lowest BCUT2D eigenvalue weighted by Gasteiger charge is -2.12. The third-order valence-corrected chi connectivity index (χ3v) is 3.49.